The summed E-state index contributed by atoms with van der Waals surface area (Å²) in [5.74, 6) is 2.10. The summed E-state index contributed by atoms with van der Waals surface area (Å²) in [7, 11) is 1.75. The quantitative estimate of drug-likeness (QED) is 0.911. The Kier molecular flexibility index (Phi) is 4.57. The first-order valence-corrected chi connectivity index (χ1v) is 7.92. The second-order valence-corrected chi connectivity index (χ2v) is 6.29. The van der Waals surface area contributed by atoms with Gasteiger partial charge in [0.05, 0.1) is 19.1 Å². The van der Waals surface area contributed by atoms with Crippen molar-refractivity contribution in [3.8, 4) is 0 Å². The highest BCUT2D eigenvalue weighted by molar-refractivity contribution is 5.04. The van der Waals surface area contributed by atoms with Crippen molar-refractivity contribution in [1.82, 2.24) is 15.5 Å². The van der Waals surface area contributed by atoms with Gasteiger partial charge in [0.1, 0.15) is 5.60 Å². The first kappa shape index (κ1) is 14.9. The molecule has 21 heavy (non-hydrogen) atoms. The standard InChI is InChI=1S/C15H25N3O3/c1-11-3-5-15(19-2,6-4-11)14-17-13(21-18-14)9-12-10-16-7-8-20-12/h11-12,16H,3-10H2,1-2H3. The molecule has 118 valence electrons. The minimum atomic E-state index is -0.361. The van der Waals surface area contributed by atoms with E-state index in [-0.39, 0.29) is 11.7 Å². The Morgan fingerprint density at radius 1 is 1.38 bits per heavy atom. The maximum absolute atomic E-state index is 5.79. The van der Waals surface area contributed by atoms with Gasteiger partial charge in [-0.25, -0.2) is 0 Å². The molecular formula is C15H25N3O3. The number of hydrogen-bond acceptors (Lipinski definition) is 6. The van der Waals surface area contributed by atoms with Crippen LogP contribution in [-0.2, 0) is 21.5 Å². The molecule has 1 aliphatic carbocycles. The normalized spacial score (nSPS) is 34.0. The number of hydrogen-bond donors (Lipinski definition) is 1. The van der Waals surface area contributed by atoms with Crippen molar-refractivity contribution in [3.63, 3.8) is 0 Å². The zero-order valence-electron chi connectivity index (χ0n) is 12.9. The number of ether oxygens (including phenoxy) is 2. The van der Waals surface area contributed by atoms with Crippen molar-refractivity contribution in [3.05, 3.63) is 11.7 Å². The number of morpholine rings is 1. The lowest BCUT2D eigenvalue weighted by Crippen LogP contribution is -2.39. The second-order valence-electron chi connectivity index (χ2n) is 6.29. The molecule has 3 rings (SSSR count). The van der Waals surface area contributed by atoms with Gasteiger partial charge in [0.15, 0.2) is 0 Å². The molecule has 2 heterocycles. The third-order valence-electron chi connectivity index (χ3n) is 4.75. The van der Waals surface area contributed by atoms with E-state index in [4.69, 9.17) is 14.0 Å². The average molecular weight is 295 g/mol. The molecule has 0 radical (unpaired) electrons. The van der Waals surface area contributed by atoms with E-state index in [9.17, 15) is 0 Å². The highest BCUT2D eigenvalue weighted by atomic mass is 16.5. The van der Waals surface area contributed by atoms with Gasteiger partial charge in [0, 0.05) is 20.2 Å². The van der Waals surface area contributed by atoms with E-state index in [0.717, 1.165) is 51.3 Å². The Morgan fingerprint density at radius 2 is 2.19 bits per heavy atom. The van der Waals surface area contributed by atoms with Gasteiger partial charge in [-0.1, -0.05) is 12.1 Å². The van der Waals surface area contributed by atoms with E-state index in [1.54, 1.807) is 7.11 Å². The first-order valence-electron chi connectivity index (χ1n) is 7.92. The topological polar surface area (TPSA) is 69.4 Å². The lowest BCUT2D eigenvalue weighted by molar-refractivity contribution is -0.0609. The number of methoxy groups -OCH3 is 1. The van der Waals surface area contributed by atoms with E-state index in [1.807, 2.05) is 0 Å². The number of aromatic nitrogens is 2. The predicted octanol–water partition coefficient (Wildman–Crippen LogP) is 1.65. The van der Waals surface area contributed by atoms with Gasteiger partial charge in [-0.3, -0.25) is 0 Å². The molecule has 1 unspecified atom stereocenters. The molecule has 1 saturated carbocycles. The molecule has 0 spiro atoms. The Balaban J connectivity index is 1.68. The van der Waals surface area contributed by atoms with Crippen molar-refractivity contribution in [2.45, 2.75) is 50.7 Å². The maximum atomic E-state index is 5.79. The Hall–Kier alpha value is -0.980. The highest BCUT2D eigenvalue weighted by Gasteiger charge is 2.40. The SMILES string of the molecule is COC1(c2noc(CC3CNCCO3)n2)CCC(C)CC1. The summed E-state index contributed by atoms with van der Waals surface area (Å²) < 4.78 is 16.9. The van der Waals surface area contributed by atoms with Crippen molar-refractivity contribution >= 4 is 0 Å². The van der Waals surface area contributed by atoms with E-state index in [1.165, 1.54) is 0 Å². The summed E-state index contributed by atoms with van der Waals surface area (Å²) in [4.78, 5) is 4.59. The highest BCUT2D eigenvalue weighted by Crippen LogP contribution is 2.40. The summed E-state index contributed by atoms with van der Waals surface area (Å²) in [6.07, 6.45) is 5.00. The maximum Gasteiger partial charge on any atom is 0.229 e. The fraction of sp³-hybridized carbons (Fsp3) is 0.867. The lowest BCUT2D eigenvalue weighted by atomic mass is 9.79. The first-order chi connectivity index (χ1) is 10.2. The molecule has 1 atom stereocenters. The molecular weight excluding hydrogens is 270 g/mol. The van der Waals surface area contributed by atoms with Gasteiger partial charge in [-0.15, -0.1) is 0 Å². The Bertz CT molecular complexity index is 449. The van der Waals surface area contributed by atoms with Crippen molar-refractivity contribution in [1.29, 1.82) is 0 Å². The average Bonchev–Trinajstić information content (AvgIpc) is 2.99. The van der Waals surface area contributed by atoms with Crippen LogP contribution in [0.1, 0.15) is 44.3 Å². The third-order valence-corrected chi connectivity index (χ3v) is 4.75. The van der Waals surface area contributed by atoms with E-state index in [2.05, 4.69) is 22.4 Å². The monoisotopic (exact) mass is 295 g/mol. The number of rotatable bonds is 4. The minimum Gasteiger partial charge on any atom is -0.375 e. The summed E-state index contributed by atoms with van der Waals surface area (Å²) in [5.41, 5.74) is -0.361. The fourth-order valence-corrected chi connectivity index (χ4v) is 3.22. The molecule has 1 saturated heterocycles. The second kappa shape index (κ2) is 6.42. The van der Waals surface area contributed by atoms with Crippen LogP contribution in [0, 0.1) is 5.92 Å². The van der Waals surface area contributed by atoms with Gasteiger partial charge >= 0.3 is 0 Å². The molecule has 1 aromatic rings. The Labute approximate surface area is 125 Å². The molecule has 1 aromatic heterocycles. The van der Waals surface area contributed by atoms with Crippen LogP contribution in [-0.4, -0.2) is 43.1 Å². The van der Waals surface area contributed by atoms with Crippen LogP contribution in [0.5, 0.6) is 0 Å². The molecule has 0 aromatic carbocycles. The zero-order valence-corrected chi connectivity index (χ0v) is 12.9. The van der Waals surface area contributed by atoms with Crippen molar-refractivity contribution in [2.24, 2.45) is 5.92 Å². The summed E-state index contributed by atoms with van der Waals surface area (Å²) >= 11 is 0. The molecule has 0 bridgehead atoms. The summed E-state index contributed by atoms with van der Waals surface area (Å²) in [6, 6.07) is 0. The molecule has 2 aliphatic rings. The van der Waals surface area contributed by atoms with Crippen LogP contribution < -0.4 is 5.32 Å². The zero-order chi connectivity index (χ0) is 14.7. The molecule has 0 amide bonds. The van der Waals surface area contributed by atoms with Gasteiger partial charge in [0.25, 0.3) is 0 Å². The minimum absolute atomic E-state index is 0.122. The third kappa shape index (κ3) is 3.27. The van der Waals surface area contributed by atoms with Crippen LogP contribution in [0.15, 0.2) is 4.52 Å². The lowest BCUT2D eigenvalue weighted by Gasteiger charge is -2.35. The van der Waals surface area contributed by atoms with Gasteiger partial charge in [-0.05, 0) is 31.6 Å². The Morgan fingerprint density at radius 3 is 2.86 bits per heavy atom. The number of nitrogens with zero attached hydrogens (tertiary/aromatic N) is 2. The summed E-state index contributed by atoms with van der Waals surface area (Å²) in [5, 5.41) is 7.50. The van der Waals surface area contributed by atoms with Crippen LogP contribution >= 0.6 is 0 Å². The van der Waals surface area contributed by atoms with Crippen LogP contribution in [0.25, 0.3) is 0 Å². The smallest absolute Gasteiger partial charge is 0.229 e. The van der Waals surface area contributed by atoms with E-state index < -0.39 is 0 Å². The van der Waals surface area contributed by atoms with E-state index >= 15 is 0 Å². The molecule has 1 N–H and O–H groups in total. The van der Waals surface area contributed by atoms with Crippen molar-refractivity contribution < 1.29 is 14.0 Å². The number of nitrogens with one attached hydrogen (secondary N) is 1. The predicted molar refractivity (Wildman–Crippen MR) is 76.9 cm³/mol. The molecule has 1 aliphatic heterocycles. The largest absolute Gasteiger partial charge is 0.375 e. The molecule has 2 fully saturated rings. The van der Waals surface area contributed by atoms with Crippen LogP contribution in [0.3, 0.4) is 0 Å². The van der Waals surface area contributed by atoms with Gasteiger partial charge in [-0.2, -0.15) is 4.98 Å². The van der Waals surface area contributed by atoms with Crippen molar-refractivity contribution in [2.75, 3.05) is 26.8 Å². The van der Waals surface area contributed by atoms with Crippen LogP contribution in [0.2, 0.25) is 0 Å². The van der Waals surface area contributed by atoms with E-state index in [0.29, 0.717) is 18.1 Å². The fourth-order valence-electron chi connectivity index (χ4n) is 3.22. The van der Waals surface area contributed by atoms with Gasteiger partial charge < -0.3 is 19.3 Å². The van der Waals surface area contributed by atoms with Crippen LogP contribution in [0.4, 0.5) is 0 Å². The molecule has 6 heteroatoms. The van der Waals surface area contributed by atoms with Gasteiger partial charge in [0.2, 0.25) is 11.7 Å². The molecule has 6 nitrogen and oxygen atoms in total. The summed E-state index contributed by atoms with van der Waals surface area (Å²) in [6.45, 7) is 4.78.